The first-order chi connectivity index (χ1) is 16.2. The molecule has 0 saturated heterocycles. The summed E-state index contributed by atoms with van der Waals surface area (Å²) in [6.45, 7) is 2.02. The Morgan fingerprint density at radius 1 is 1.24 bits per heavy atom. The molecule has 1 saturated carbocycles. The van der Waals surface area contributed by atoms with Crippen molar-refractivity contribution in [3.8, 4) is 11.3 Å². The number of amides is 1. The van der Waals surface area contributed by atoms with Crippen molar-refractivity contribution in [2.24, 2.45) is 11.7 Å². The molecule has 12 heteroatoms. The van der Waals surface area contributed by atoms with Crippen LogP contribution < -0.4 is 22.1 Å². The number of nitrogens with one attached hydrogen (secondary N) is 3. The second-order valence-electron chi connectivity index (χ2n) is 8.63. The lowest BCUT2D eigenvalue weighted by Gasteiger charge is -2.33. The SMILES string of the molecule is C[C@@H](Nc1ncc(N)c(-c2c[nH]c3ncc(C(F)(F)F)cc23)n1)[C@H]1CC[C@H](NC(=O)CN)CC1. The van der Waals surface area contributed by atoms with E-state index in [4.69, 9.17) is 11.5 Å². The number of aromatic nitrogens is 4. The van der Waals surface area contributed by atoms with Gasteiger partial charge >= 0.3 is 6.18 Å². The summed E-state index contributed by atoms with van der Waals surface area (Å²) in [6, 6.07) is 1.22. The molecule has 9 nitrogen and oxygen atoms in total. The van der Waals surface area contributed by atoms with Gasteiger partial charge in [0.05, 0.1) is 24.0 Å². The highest BCUT2D eigenvalue weighted by Gasteiger charge is 2.32. The molecule has 0 unspecified atom stereocenters. The number of rotatable bonds is 6. The van der Waals surface area contributed by atoms with Gasteiger partial charge in [-0.2, -0.15) is 13.2 Å². The summed E-state index contributed by atoms with van der Waals surface area (Å²) >= 11 is 0. The lowest BCUT2D eigenvalue weighted by Crippen LogP contribution is -2.42. The van der Waals surface area contributed by atoms with Crippen LogP contribution in [0.15, 0.2) is 24.7 Å². The molecule has 3 heterocycles. The zero-order valence-electron chi connectivity index (χ0n) is 18.6. The summed E-state index contributed by atoms with van der Waals surface area (Å²) in [5, 5.41) is 6.51. The van der Waals surface area contributed by atoms with Gasteiger partial charge in [-0.05, 0) is 44.6 Å². The van der Waals surface area contributed by atoms with E-state index in [0.29, 0.717) is 28.8 Å². The standard InChI is InChI=1S/C22H27F3N8O/c1-11(12-2-4-14(5-3-12)32-18(34)7-26)31-21-30-10-17(27)19(33-21)16-9-29-20-15(16)6-13(8-28-20)22(23,24)25/h6,8-12,14H,2-5,7,26-27H2,1H3,(H,28,29)(H,32,34)(H,30,31,33)/t11-,12-,14-/m1/s1. The van der Waals surface area contributed by atoms with Crippen molar-refractivity contribution in [2.75, 3.05) is 17.6 Å². The normalized spacial score (nSPS) is 19.7. The number of aromatic amines is 1. The van der Waals surface area contributed by atoms with E-state index in [-0.39, 0.29) is 35.6 Å². The van der Waals surface area contributed by atoms with Crippen LogP contribution in [0.2, 0.25) is 0 Å². The van der Waals surface area contributed by atoms with E-state index in [9.17, 15) is 18.0 Å². The van der Waals surface area contributed by atoms with E-state index in [2.05, 4.69) is 30.6 Å². The maximum Gasteiger partial charge on any atom is 0.417 e. The van der Waals surface area contributed by atoms with Gasteiger partial charge in [0, 0.05) is 35.4 Å². The summed E-state index contributed by atoms with van der Waals surface area (Å²) in [5.74, 6) is 0.541. The molecule has 0 bridgehead atoms. The highest BCUT2D eigenvalue weighted by molar-refractivity contribution is 5.95. The predicted octanol–water partition coefficient (Wildman–Crippen LogP) is 3.06. The van der Waals surface area contributed by atoms with E-state index in [1.165, 1.54) is 6.20 Å². The number of nitrogens with zero attached hydrogens (tertiary/aromatic N) is 3. The maximum absolute atomic E-state index is 13.2. The highest BCUT2D eigenvalue weighted by atomic mass is 19.4. The quantitative estimate of drug-likeness (QED) is 0.367. The average Bonchev–Trinajstić information content (AvgIpc) is 3.23. The molecule has 0 radical (unpaired) electrons. The fraction of sp³-hybridized carbons (Fsp3) is 0.455. The second kappa shape index (κ2) is 9.45. The van der Waals surface area contributed by atoms with Crippen LogP contribution >= 0.6 is 0 Å². The van der Waals surface area contributed by atoms with Gasteiger partial charge in [0.2, 0.25) is 11.9 Å². The molecule has 4 rings (SSSR count). The molecule has 0 aromatic carbocycles. The molecule has 3 aromatic heterocycles. The number of alkyl halides is 3. The highest BCUT2D eigenvalue weighted by Crippen LogP contribution is 2.35. The number of nitrogens with two attached hydrogens (primary N) is 2. The number of hydrogen-bond donors (Lipinski definition) is 5. The Kier molecular flexibility index (Phi) is 6.60. The molecule has 0 spiro atoms. The molecule has 0 aliphatic heterocycles. The topological polar surface area (TPSA) is 148 Å². The van der Waals surface area contributed by atoms with Gasteiger partial charge in [0.1, 0.15) is 11.3 Å². The van der Waals surface area contributed by atoms with Gasteiger partial charge < -0.3 is 27.1 Å². The van der Waals surface area contributed by atoms with Crippen molar-refractivity contribution in [1.82, 2.24) is 25.3 Å². The lowest BCUT2D eigenvalue weighted by molar-refractivity contribution is -0.137. The Morgan fingerprint density at radius 2 is 1.97 bits per heavy atom. The number of halogens is 3. The van der Waals surface area contributed by atoms with E-state index in [1.54, 1.807) is 6.20 Å². The van der Waals surface area contributed by atoms with Crippen molar-refractivity contribution in [3.05, 3.63) is 30.2 Å². The van der Waals surface area contributed by atoms with Gasteiger partial charge in [-0.25, -0.2) is 15.0 Å². The summed E-state index contributed by atoms with van der Waals surface area (Å²) in [6.07, 6.45) is 2.81. The maximum atomic E-state index is 13.2. The Morgan fingerprint density at radius 3 is 2.65 bits per heavy atom. The third kappa shape index (κ3) is 5.06. The lowest BCUT2D eigenvalue weighted by atomic mass is 9.82. The number of anilines is 2. The zero-order chi connectivity index (χ0) is 24.5. The molecular weight excluding hydrogens is 449 g/mol. The number of fused-ring (bicyclic) bond motifs is 1. The van der Waals surface area contributed by atoms with Crippen LogP contribution in [0.5, 0.6) is 0 Å². The number of carbonyl (C=O) groups is 1. The Hall–Kier alpha value is -3.41. The molecular formula is C22H27F3N8O. The fourth-order valence-corrected chi connectivity index (χ4v) is 4.40. The number of pyridine rings is 1. The van der Waals surface area contributed by atoms with Crippen LogP contribution in [0, 0.1) is 5.92 Å². The first-order valence-electron chi connectivity index (χ1n) is 11.1. The molecule has 1 fully saturated rings. The van der Waals surface area contributed by atoms with Gasteiger partial charge in [-0.15, -0.1) is 0 Å². The first-order valence-corrected chi connectivity index (χ1v) is 11.1. The zero-order valence-corrected chi connectivity index (χ0v) is 18.6. The third-order valence-electron chi connectivity index (χ3n) is 6.32. The van der Waals surface area contributed by atoms with Crippen LogP contribution in [0.25, 0.3) is 22.3 Å². The van der Waals surface area contributed by atoms with Crippen molar-refractivity contribution >= 4 is 28.6 Å². The first kappa shape index (κ1) is 23.7. The summed E-state index contributed by atoms with van der Waals surface area (Å²) in [7, 11) is 0. The van der Waals surface area contributed by atoms with E-state index >= 15 is 0 Å². The fourth-order valence-electron chi connectivity index (χ4n) is 4.40. The third-order valence-corrected chi connectivity index (χ3v) is 6.32. The molecule has 34 heavy (non-hydrogen) atoms. The predicted molar refractivity (Wildman–Crippen MR) is 123 cm³/mol. The Balaban J connectivity index is 1.51. The van der Waals surface area contributed by atoms with Crippen molar-refractivity contribution < 1.29 is 18.0 Å². The van der Waals surface area contributed by atoms with Gasteiger partial charge in [0.25, 0.3) is 0 Å². The van der Waals surface area contributed by atoms with Gasteiger partial charge in [-0.1, -0.05) is 0 Å². The molecule has 7 N–H and O–H groups in total. The number of hydrogen-bond acceptors (Lipinski definition) is 7. The summed E-state index contributed by atoms with van der Waals surface area (Å²) < 4.78 is 39.6. The molecule has 1 atom stereocenters. The minimum absolute atomic E-state index is 0.0152. The summed E-state index contributed by atoms with van der Waals surface area (Å²) in [5.41, 5.74) is 11.9. The molecule has 3 aromatic rings. The molecule has 1 aliphatic rings. The largest absolute Gasteiger partial charge is 0.417 e. The monoisotopic (exact) mass is 476 g/mol. The summed E-state index contributed by atoms with van der Waals surface area (Å²) in [4.78, 5) is 27.0. The Bertz CT molecular complexity index is 1170. The van der Waals surface area contributed by atoms with Gasteiger partial charge in [0.15, 0.2) is 0 Å². The van der Waals surface area contributed by atoms with Crippen LogP contribution in [-0.2, 0) is 11.0 Å². The van der Waals surface area contributed by atoms with Crippen LogP contribution in [-0.4, -0.2) is 44.5 Å². The minimum atomic E-state index is -4.51. The van der Waals surface area contributed by atoms with E-state index < -0.39 is 11.7 Å². The second-order valence-corrected chi connectivity index (χ2v) is 8.63. The molecule has 182 valence electrons. The smallest absolute Gasteiger partial charge is 0.396 e. The van der Waals surface area contributed by atoms with Crippen molar-refractivity contribution in [2.45, 2.75) is 50.9 Å². The van der Waals surface area contributed by atoms with Crippen LogP contribution in [0.4, 0.5) is 24.8 Å². The van der Waals surface area contributed by atoms with E-state index in [1.807, 2.05) is 6.92 Å². The van der Waals surface area contributed by atoms with Crippen molar-refractivity contribution in [3.63, 3.8) is 0 Å². The Labute approximate surface area is 193 Å². The number of carbonyl (C=O) groups excluding carboxylic acids is 1. The van der Waals surface area contributed by atoms with Crippen molar-refractivity contribution in [1.29, 1.82) is 0 Å². The number of H-pyrrole nitrogens is 1. The molecule has 1 aliphatic carbocycles. The average molecular weight is 477 g/mol. The van der Waals surface area contributed by atoms with E-state index in [0.717, 1.165) is 37.9 Å². The van der Waals surface area contributed by atoms with Crippen LogP contribution in [0.1, 0.15) is 38.2 Å². The minimum Gasteiger partial charge on any atom is -0.396 e. The van der Waals surface area contributed by atoms with Crippen LogP contribution in [0.3, 0.4) is 0 Å². The van der Waals surface area contributed by atoms with Gasteiger partial charge in [-0.3, -0.25) is 4.79 Å². The number of nitrogen functional groups attached to an aromatic ring is 1. The molecule has 1 amide bonds.